The maximum absolute atomic E-state index is 6.01. The van der Waals surface area contributed by atoms with Crippen molar-refractivity contribution in [1.29, 1.82) is 0 Å². The van der Waals surface area contributed by atoms with Crippen LogP contribution < -0.4 is 4.74 Å². The Morgan fingerprint density at radius 3 is 2.50 bits per heavy atom. The average Bonchev–Trinajstić information content (AvgIpc) is 2.53. The highest BCUT2D eigenvalue weighted by Gasteiger charge is 2.32. The van der Waals surface area contributed by atoms with E-state index in [1.807, 2.05) is 0 Å². The van der Waals surface area contributed by atoms with Crippen molar-refractivity contribution in [3.8, 4) is 5.75 Å². The van der Waals surface area contributed by atoms with Crippen LogP contribution >= 0.6 is 15.9 Å². The molecule has 1 aliphatic heterocycles. The zero-order chi connectivity index (χ0) is 14.3. The van der Waals surface area contributed by atoms with Crippen molar-refractivity contribution in [3.05, 3.63) is 29.8 Å². The fourth-order valence-corrected chi connectivity index (χ4v) is 3.21. The molecule has 1 saturated heterocycles. The van der Waals surface area contributed by atoms with Gasteiger partial charge in [0.1, 0.15) is 5.75 Å². The van der Waals surface area contributed by atoms with E-state index < -0.39 is 0 Å². The number of unbranched alkanes of at least 4 members (excludes halogenated alkanes) is 1. The minimum atomic E-state index is 0.235. The van der Waals surface area contributed by atoms with Crippen molar-refractivity contribution >= 4 is 15.9 Å². The fraction of sp³-hybridized carbons (Fsp3) is 0.647. The molecule has 0 amide bonds. The van der Waals surface area contributed by atoms with Crippen LogP contribution in [0.3, 0.4) is 0 Å². The quantitative estimate of drug-likeness (QED) is 0.675. The normalized spacial score (nSPS) is 17.9. The highest BCUT2D eigenvalue weighted by molar-refractivity contribution is 9.09. The molecular weight excluding hydrogens is 316 g/mol. The molecule has 1 aromatic rings. The molecule has 0 aliphatic carbocycles. The van der Waals surface area contributed by atoms with Crippen LogP contribution in [0, 0.1) is 5.41 Å². The molecule has 2 rings (SSSR count). The fourth-order valence-electron chi connectivity index (χ4n) is 2.49. The molecular formula is C17H25BrO2. The molecule has 0 N–H and O–H groups in total. The van der Waals surface area contributed by atoms with Crippen molar-refractivity contribution in [3.63, 3.8) is 0 Å². The van der Waals surface area contributed by atoms with Gasteiger partial charge in [0.15, 0.2) is 0 Å². The number of halogens is 1. The molecule has 0 bridgehead atoms. The molecule has 1 fully saturated rings. The molecule has 0 atom stereocenters. The van der Waals surface area contributed by atoms with Crippen LogP contribution in [-0.4, -0.2) is 25.2 Å². The molecule has 0 saturated carbocycles. The summed E-state index contributed by atoms with van der Waals surface area (Å²) in [5.41, 5.74) is 1.64. The first kappa shape index (κ1) is 15.8. The van der Waals surface area contributed by atoms with E-state index in [0.29, 0.717) is 0 Å². The van der Waals surface area contributed by atoms with Crippen molar-refractivity contribution in [2.45, 2.75) is 39.0 Å². The predicted molar refractivity (Wildman–Crippen MR) is 86.8 cm³/mol. The monoisotopic (exact) mass is 340 g/mol. The third-order valence-corrected chi connectivity index (χ3v) is 5.31. The Bertz CT molecular complexity index is 382. The third-order valence-electron chi connectivity index (χ3n) is 4.12. The largest absolute Gasteiger partial charge is 0.493 e. The zero-order valence-corrected chi connectivity index (χ0v) is 14.0. The second-order valence-corrected chi connectivity index (χ2v) is 6.34. The molecule has 0 radical (unpaired) electrons. The number of benzene rings is 1. The Balaban J connectivity index is 1.86. The molecule has 3 heteroatoms. The molecule has 1 aromatic carbocycles. The van der Waals surface area contributed by atoms with Gasteiger partial charge in [-0.25, -0.2) is 0 Å². The lowest BCUT2D eigenvalue weighted by atomic mass is 9.83. The van der Waals surface area contributed by atoms with Gasteiger partial charge in [-0.05, 0) is 43.4 Å². The maximum Gasteiger partial charge on any atom is 0.119 e. The molecule has 0 aromatic heterocycles. The van der Waals surface area contributed by atoms with Crippen molar-refractivity contribution in [1.82, 2.24) is 0 Å². The van der Waals surface area contributed by atoms with Gasteiger partial charge in [0.2, 0.25) is 0 Å². The van der Waals surface area contributed by atoms with Gasteiger partial charge in [-0.3, -0.25) is 0 Å². The Kier molecular flexibility index (Phi) is 6.37. The first-order chi connectivity index (χ1) is 9.78. The average molecular weight is 341 g/mol. The van der Waals surface area contributed by atoms with Gasteiger partial charge in [0, 0.05) is 24.0 Å². The summed E-state index contributed by atoms with van der Waals surface area (Å²) in [5, 5.41) is 0.984. The first-order valence-corrected chi connectivity index (χ1v) is 8.76. The van der Waals surface area contributed by atoms with Gasteiger partial charge in [0.05, 0.1) is 6.61 Å². The number of hydrogen-bond donors (Lipinski definition) is 0. The SMILES string of the molecule is CCCCc1ccc(OCC2(CBr)CCOCC2)cc1. The molecule has 1 heterocycles. The van der Waals surface area contributed by atoms with Crippen LogP contribution in [0.4, 0.5) is 0 Å². The molecule has 0 unspecified atom stereocenters. The van der Waals surface area contributed by atoms with Crippen molar-refractivity contribution in [2.24, 2.45) is 5.41 Å². The van der Waals surface area contributed by atoms with Crippen LogP contribution in [0.5, 0.6) is 5.75 Å². The smallest absolute Gasteiger partial charge is 0.119 e. The van der Waals surface area contributed by atoms with E-state index in [0.717, 1.165) is 43.7 Å². The Labute approximate surface area is 131 Å². The highest BCUT2D eigenvalue weighted by Crippen LogP contribution is 2.33. The lowest BCUT2D eigenvalue weighted by molar-refractivity contribution is 0.00354. The van der Waals surface area contributed by atoms with Crippen molar-refractivity contribution < 1.29 is 9.47 Å². The van der Waals surface area contributed by atoms with E-state index in [2.05, 4.69) is 47.1 Å². The molecule has 0 spiro atoms. The van der Waals surface area contributed by atoms with Gasteiger partial charge in [-0.1, -0.05) is 41.4 Å². The van der Waals surface area contributed by atoms with Crippen molar-refractivity contribution in [2.75, 3.05) is 25.2 Å². The lowest BCUT2D eigenvalue weighted by Crippen LogP contribution is -2.36. The summed E-state index contributed by atoms with van der Waals surface area (Å²) in [6, 6.07) is 8.59. The van der Waals surface area contributed by atoms with E-state index in [1.165, 1.54) is 24.8 Å². The second kappa shape index (κ2) is 8.04. The summed E-state index contributed by atoms with van der Waals surface area (Å²) in [4.78, 5) is 0. The van der Waals surface area contributed by atoms with Gasteiger partial charge in [0.25, 0.3) is 0 Å². The summed E-state index contributed by atoms with van der Waals surface area (Å²) in [5.74, 6) is 0.983. The number of alkyl halides is 1. The predicted octanol–water partition coefficient (Wildman–Crippen LogP) is 4.60. The number of aryl methyl sites for hydroxylation is 1. The molecule has 20 heavy (non-hydrogen) atoms. The van der Waals surface area contributed by atoms with E-state index in [1.54, 1.807) is 0 Å². The second-order valence-electron chi connectivity index (χ2n) is 5.78. The van der Waals surface area contributed by atoms with Gasteiger partial charge in [-0.15, -0.1) is 0 Å². The zero-order valence-electron chi connectivity index (χ0n) is 12.4. The van der Waals surface area contributed by atoms with E-state index >= 15 is 0 Å². The van der Waals surface area contributed by atoms with E-state index in [9.17, 15) is 0 Å². The van der Waals surface area contributed by atoms with Crippen LogP contribution in [0.1, 0.15) is 38.2 Å². The highest BCUT2D eigenvalue weighted by atomic mass is 79.9. The molecule has 1 aliphatic rings. The van der Waals surface area contributed by atoms with Crippen LogP contribution in [0.15, 0.2) is 24.3 Å². The number of hydrogen-bond acceptors (Lipinski definition) is 2. The summed E-state index contributed by atoms with van der Waals surface area (Å²) in [6.07, 6.45) is 5.82. The number of rotatable bonds is 7. The number of ether oxygens (including phenoxy) is 2. The first-order valence-electron chi connectivity index (χ1n) is 7.63. The van der Waals surface area contributed by atoms with Gasteiger partial charge < -0.3 is 9.47 Å². The van der Waals surface area contributed by atoms with Gasteiger partial charge >= 0.3 is 0 Å². The minimum Gasteiger partial charge on any atom is -0.493 e. The van der Waals surface area contributed by atoms with Crippen LogP contribution in [0.25, 0.3) is 0 Å². The summed E-state index contributed by atoms with van der Waals surface area (Å²) in [6.45, 7) is 4.71. The third kappa shape index (κ3) is 4.49. The van der Waals surface area contributed by atoms with Crippen LogP contribution in [-0.2, 0) is 11.2 Å². The Morgan fingerprint density at radius 1 is 1.20 bits per heavy atom. The Morgan fingerprint density at radius 2 is 1.90 bits per heavy atom. The summed E-state index contributed by atoms with van der Waals surface area (Å²) in [7, 11) is 0. The summed E-state index contributed by atoms with van der Waals surface area (Å²) >= 11 is 3.65. The summed E-state index contributed by atoms with van der Waals surface area (Å²) < 4.78 is 11.5. The topological polar surface area (TPSA) is 18.5 Å². The standard InChI is InChI=1S/C17H25BrO2/c1-2-3-4-15-5-7-16(8-6-15)20-14-17(13-18)9-11-19-12-10-17/h5-8H,2-4,9-14H2,1H3. The maximum atomic E-state index is 6.01. The Hall–Kier alpha value is -0.540. The van der Waals surface area contributed by atoms with E-state index in [4.69, 9.17) is 9.47 Å². The van der Waals surface area contributed by atoms with E-state index in [-0.39, 0.29) is 5.41 Å². The lowest BCUT2D eigenvalue weighted by Gasteiger charge is -2.35. The molecule has 112 valence electrons. The van der Waals surface area contributed by atoms with Crippen LogP contribution in [0.2, 0.25) is 0 Å². The molecule has 2 nitrogen and oxygen atoms in total. The minimum absolute atomic E-state index is 0.235. The van der Waals surface area contributed by atoms with Gasteiger partial charge in [-0.2, -0.15) is 0 Å².